The molecule has 4 bridgehead atoms. The lowest BCUT2D eigenvalue weighted by Crippen LogP contribution is -2.56. The van der Waals surface area contributed by atoms with Gasteiger partial charge in [0.05, 0.1) is 39.9 Å². The first kappa shape index (κ1) is 36.0. The van der Waals surface area contributed by atoms with Crippen LogP contribution in [-0.4, -0.2) is 69.2 Å². The maximum atomic E-state index is 13.2. The van der Waals surface area contributed by atoms with Crippen molar-refractivity contribution in [1.82, 2.24) is 24.9 Å². The van der Waals surface area contributed by atoms with Gasteiger partial charge in [0, 0.05) is 74.3 Å². The number of hydrogen-bond acceptors (Lipinski definition) is 9. The summed E-state index contributed by atoms with van der Waals surface area (Å²) < 4.78 is 78.0. The van der Waals surface area contributed by atoms with Crippen LogP contribution in [-0.2, 0) is 12.4 Å². The van der Waals surface area contributed by atoms with Crippen molar-refractivity contribution in [2.75, 3.05) is 51.5 Å². The summed E-state index contributed by atoms with van der Waals surface area (Å²) in [5, 5.41) is 6.19. The van der Waals surface area contributed by atoms with Crippen molar-refractivity contribution in [3.8, 4) is 22.5 Å². The van der Waals surface area contributed by atoms with Gasteiger partial charge in [-0.15, -0.1) is 0 Å². The van der Waals surface area contributed by atoms with E-state index in [4.69, 9.17) is 0 Å². The summed E-state index contributed by atoms with van der Waals surface area (Å²) >= 11 is 0. The number of anilines is 5. The first-order valence-electron chi connectivity index (χ1n) is 17.8. The molecule has 284 valence electrons. The highest BCUT2D eigenvalue weighted by Crippen LogP contribution is 2.41. The smallest absolute Gasteiger partial charge is 0.366 e. The number of nitrogens with zero attached hydrogens (tertiary/aromatic N) is 8. The van der Waals surface area contributed by atoms with Crippen molar-refractivity contribution in [3.63, 3.8) is 0 Å². The fourth-order valence-corrected chi connectivity index (χ4v) is 7.40. The molecule has 2 amide bonds. The van der Waals surface area contributed by atoms with Crippen LogP contribution in [0.15, 0.2) is 85.6 Å². The molecular formula is C38H34F6N10O. The van der Waals surface area contributed by atoms with Gasteiger partial charge < -0.3 is 15.1 Å². The van der Waals surface area contributed by atoms with Crippen LogP contribution in [0.25, 0.3) is 22.5 Å². The topological polar surface area (TPSA) is 115 Å². The number of hydrogen-bond donors (Lipinski definition) is 2. The second kappa shape index (κ2) is 14.3. The molecule has 4 aliphatic rings. The Kier molecular flexibility index (Phi) is 9.38. The second-order valence-corrected chi connectivity index (χ2v) is 13.7. The van der Waals surface area contributed by atoms with Crippen molar-refractivity contribution in [2.45, 2.75) is 50.1 Å². The van der Waals surface area contributed by atoms with Crippen LogP contribution in [0.1, 0.15) is 36.8 Å². The van der Waals surface area contributed by atoms with E-state index >= 15 is 0 Å². The Hall–Kier alpha value is -6.00. The molecule has 2 N–H and O–H groups in total. The largest absolute Gasteiger partial charge is 0.417 e. The van der Waals surface area contributed by atoms with E-state index < -0.39 is 23.5 Å². The van der Waals surface area contributed by atoms with Crippen molar-refractivity contribution >= 4 is 34.9 Å². The average molecular weight is 761 g/mol. The van der Waals surface area contributed by atoms with Gasteiger partial charge in [-0.25, -0.2) is 19.7 Å². The van der Waals surface area contributed by atoms with Crippen LogP contribution < -0.4 is 25.3 Å². The molecule has 5 aromatic heterocycles. The third kappa shape index (κ3) is 7.55. The summed E-state index contributed by atoms with van der Waals surface area (Å²) in [6.45, 7) is 3.47. The van der Waals surface area contributed by atoms with Gasteiger partial charge in [-0.1, -0.05) is 6.07 Å². The summed E-state index contributed by atoms with van der Waals surface area (Å²) in [5.41, 5.74) is 1.61. The van der Waals surface area contributed by atoms with E-state index in [0.29, 0.717) is 41.2 Å². The first-order chi connectivity index (χ1) is 26.4. The molecule has 2 atom stereocenters. The molecule has 9 heterocycles. The van der Waals surface area contributed by atoms with Crippen molar-refractivity contribution < 1.29 is 31.1 Å². The Bertz CT molecular complexity index is 2200. The Labute approximate surface area is 311 Å². The Morgan fingerprint density at radius 1 is 0.745 bits per heavy atom. The fourth-order valence-electron chi connectivity index (χ4n) is 7.40. The van der Waals surface area contributed by atoms with Gasteiger partial charge in [0.1, 0.15) is 5.82 Å². The predicted molar refractivity (Wildman–Crippen MR) is 195 cm³/mol. The number of amides is 2. The van der Waals surface area contributed by atoms with Crippen molar-refractivity contribution in [1.29, 1.82) is 0 Å². The Morgan fingerprint density at radius 3 is 2.04 bits per heavy atom. The maximum Gasteiger partial charge on any atom is 0.417 e. The molecule has 2 fully saturated rings. The third-order valence-corrected chi connectivity index (χ3v) is 10.0. The molecule has 0 aliphatic carbocycles. The number of carbonyl (C=O) groups is 1. The van der Waals surface area contributed by atoms with E-state index in [1.54, 1.807) is 47.5 Å². The fraction of sp³-hybridized carbons (Fsp3) is 0.316. The van der Waals surface area contributed by atoms with Gasteiger partial charge in [0.25, 0.3) is 0 Å². The van der Waals surface area contributed by atoms with E-state index in [2.05, 4.69) is 45.4 Å². The number of halogens is 6. The molecule has 0 aromatic carbocycles. The summed E-state index contributed by atoms with van der Waals surface area (Å²) in [5.74, 6) is 1.58. The number of urea groups is 1. The van der Waals surface area contributed by atoms with Crippen molar-refractivity contribution in [2.24, 2.45) is 0 Å². The van der Waals surface area contributed by atoms with Crippen LogP contribution in [0.4, 0.5) is 60.0 Å². The molecule has 0 unspecified atom stereocenters. The molecule has 9 rings (SSSR count). The highest BCUT2D eigenvalue weighted by molar-refractivity contribution is 6.04. The molecule has 0 spiro atoms. The van der Waals surface area contributed by atoms with Gasteiger partial charge >= 0.3 is 18.4 Å². The number of fused-ring (bicyclic) bond motifs is 8. The zero-order valence-corrected chi connectivity index (χ0v) is 29.1. The molecule has 55 heavy (non-hydrogen) atoms. The van der Waals surface area contributed by atoms with E-state index in [-0.39, 0.29) is 17.6 Å². The first-order valence-corrected chi connectivity index (χ1v) is 17.8. The van der Waals surface area contributed by atoms with Crippen LogP contribution >= 0.6 is 0 Å². The van der Waals surface area contributed by atoms with Gasteiger partial charge in [0.2, 0.25) is 0 Å². The molecule has 17 heteroatoms. The standard InChI is InChI=1S/C22H19F3N6O.C16H15F3N4/c23-22(24,25)15-10-14(11-26-12-15)17-6-7-18-20(28-17)31(16-4-3-9-30(18)13-16)21(32)29-19-5-1-2-8-27-19;17-16(18,19)11-6-10(7-20-8-11)13-3-4-14-15(22-13)21-12-2-1-5-23(14)9-12/h1-2,5-8,10-12,16H,3-4,9,13H2,(H,27,29,32);3-4,6-8,12H,1-2,5,9H2,(H,21,22)/t16-;12-/m00/s1. The molecular weight excluding hydrogens is 726 g/mol. The van der Waals surface area contributed by atoms with Gasteiger partial charge in [-0.05, 0) is 74.2 Å². The van der Waals surface area contributed by atoms with Crippen LogP contribution in [0.3, 0.4) is 0 Å². The maximum absolute atomic E-state index is 13.2. The zero-order chi connectivity index (χ0) is 38.3. The highest BCUT2D eigenvalue weighted by atomic mass is 19.4. The third-order valence-electron chi connectivity index (χ3n) is 10.0. The molecule has 0 saturated carbocycles. The molecule has 5 aromatic rings. The van der Waals surface area contributed by atoms with E-state index in [9.17, 15) is 31.1 Å². The lowest BCUT2D eigenvalue weighted by atomic mass is 9.99. The van der Waals surface area contributed by atoms with E-state index in [1.165, 1.54) is 12.4 Å². The molecule has 2 saturated heterocycles. The minimum atomic E-state index is -4.51. The normalized spacial score (nSPS) is 18.6. The minimum Gasteiger partial charge on any atom is -0.366 e. The SMILES string of the molecule is FC(F)(F)c1cncc(-c2ccc3c(n2)N[C@H]2CCCN3C2)c1.O=C(Nc1ccccn1)N1c2nc(-c3cncc(C(F)(F)F)c3)ccc2N2CCC[C@H]1C2. The quantitative estimate of drug-likeness (QED) is 0.176. The number of pyridine rings is 5. The van der Waals surface area contributed by atoms with Gasteiger partial charge in [0.15, 0.2) is 11.6 Å². The number of alkyl halides is 6. The van der Waals surface area contributed by atoms with Crippen LogP contribution in [0.2, 0.25) is 0 Å². The van der Waals surface area contributed by atoms with E-state index in [0.717, 1.165) is 87.0 Å². The lowest BCUT2D eigenvalue weighted by Gasteiger charge is -2.45. The highest BCUT2D eigenvalue weighted by Gasteiger charge is 2.39. The number of nitrogens with one attached hydrogen (secondary N) is 2. The van der Waals surface area contributed by atoms with Gasteiger partial charge in [-0.3, -0.25) is 20.2 Å². The zero-order valence-electron chi connectivity index (χ0n) is 29.1. The Morgan fingerprint density at radius 2 is 1.38 bits per heavy atom. The monoisotopic (exact) mass is 760 g/mol. The number of rotatable bonds is 3. The minimum absolute atomic E-state index is 0.0950. The van der Waals surface area contributed by atoms with Crippen molar-refractivity contribution in [3.05, 3.63) is 96.7 Å². The summed E-state index contributed by atoms with van der Waals surface area (Å²) in [6, 6.07) is 14.4. The predicted octanol–water partition coefficient (Wildman–Crippen LogP) is 8.14. The summed E-state index contributed by atoms with van der Waals surface area (Å²) in [4.78, 5) is 40.0. The van der Waals surface area contributed by atoms with E-state index in [1.807, 2.05) is 6.07 Å². The Balaban J connectivity index is 0.000000164. The summed E-state index contributed by atoms with van der Waals surface area (Å²) in [6.07, 6.45) is 0.996. The van der Waals surface area contributed by atoms with Crippen LogP contribution in [0.5, 0.6) is 0 Å². The summed E-state index contributed by atoms with van der Waals surface area (Å²) in [7, 11) is 0. The average Bonchev–Trinajstić information content (AvgIpc) is 3.18. The lowest BCUT2D eigenvalue weighted by molar-refractivity contribution is -0.138. The second-order valence-electron chi connectivity index (χ2n) is 13.7. The number of aromatic nitrogens is 5. The molecule has 11 nitrogen and oxygen atoms in total. The molecule has 0 radical (unpaired) electrons. The number of piperidine rings is 2. The van der Waals surface area contributed by atoms with Gasteiger partial charge in [-0.2, -0.15) is 26.3 Å². The van der Waals surface area contributed by atoms with Crippen LogP contribution in [0, 0.1) is 0 Å². The number of carbonyl (C=O) groups excluding carboxylic acids is 1. The molecule has 4 aliphatic heterocycles.